The first kappa shape index (κ1) is 8.59. The molecule has 4 unspecified atom stereocenters. The molecular weight excluding hydrogens is 144 g/mol. The second kappa shape index (κ2) is 3.40. The lowest BCUT2D eigenvalue weighted by Crippen LogP contribution is -2.08. The van der Waals surface area contributed by atoms with Crippen molar-refractivity contribution in [3.05, 3.63) is 0 Å². The summed E-state index contributed by atoms with van der Waals surface area (Å²) in [5.41, 5.74) is 0. The topological polar surface area (TPSA) is 0 Å². The molecule has 2 bridgehead atoms. The van der Waals surface area contributed by atoms with Gasteiger partial charge in [-0.3, -0.25) is 0 Å². The molecule has 0 nitrogen and oxygen atoms in total. The van der Waals surface area contributed by atoms with Crippen LogP contribution in [0.3, 0.4) is 0 Å². The maximum absolute atomic E-state index is 2.47. The van der Waals surface area contributed by atoms with Crippen LogP contribution in [-0.2, 0) is 0 Å². The van der Waals surface area contributed by atoms with Crippen molar-refractivity contribution in [1.29, 1.82) is 0 Å². The van der Waals surface area contributed by atoms with Crippen LogP contribution in [0.25, 0.3) is 0 Å². The van der Waals surface area contributed by atoms with E-state index in [1.54, 1.807) is 6.42 Å². The summed E-state index contributed by atoms with van der Waals surface area (Å²) in [6.07, 6.45) is 9.16. The summed E-state index contributed by atoms with van der Waals surface area (Å²) >= 11 is 0. The van der Waals surface area contributed by atoms with Crippen LogP contribution in [-0.4, -0.2) is 0 Å². The Balaban J connectivity index is 1.99. The van der Waals surface area contributed by atoms with Crippen molar-refractivity contribution in [3.63, 3.8) is 0 Å². The van der Waals surface area contributed by atoms with Gasteiger partial charge in [-0.1, -0.05) is 33.1 Å². The standard InChI is InChI=1S/C12H22/c1-9-4-3-5-12-8-11(6-9)7-10(12)2/h9-12H,3-8H2,1-2H3. The van der Waals surface area contributed by atoms with Crippen LogP contribution in [0, 0.1) is 23.7 Å². The lowest BCUT2D eigenvalue weighted by atomic mass is 9.85. The Morgan fingerprint density at radius 3 is 2.58 bits per heavy atom. The van der Waals surface area contributed by atoms with E-state index in [0.29, 0.717) is 0 Å². The maximum Gasteiger partial charge on any atom is -0.0386 e. The molecule has 0 aliphatic heterocycles. The maximum atomic E-state index is 2.47. The van der Waals surface area contributed by atoms with Gasteiger partial charge in [0.2, 0.25) is 0 Å². The van der Waals surface area contributed by atoms with Crippen molar-refractivity contribution in [1.82, 2.24) is 0 Å². The molecule has 0 heteroatoms. The summed E-state index contributed by atoms with van der Waals surface area (Å²) in [4.78, 5) is 0. The van der Waals surface area contributed by atoms with Gasteiger partial charge in [0, 0.05) is 0 Å². The van der Waals surface area contributed by atoms with Gasteiger partial charge in [-0.2, -0.15) is 0 Å². The first-order valence-corrected chi connectivity index (χ1v) is 5.75. The Hall–Kier alpha value is 0. The second-order valence-electron chi connectivity index (χ2n) is 5.35. The summed E-state index contributed by atoms with van der Waals surface area (Å²) in [6, 6.07) is 0. The summed E-state index contributed by atoms with van der Waals surface area (Å²) in [7, 11) is 0. The van der Waals surface area contributed by atoms with Crippen LogP contribution < -0.4 is 0 Å². The average Bonchev–Trinajstić information content (AvgIpc) is 2.30. The van der Waals surface area contributed by atoms with Crippen molar-refractivity contribution >= 4 is 0 Å². The van der Waals surface area contributed by atoms with Gasteiger partial charge in [0.1, 0.15) is 0 Å². The lowest BCUT2D eigenvalue weighted by molar-refractivity contribution is 0.311. The van der Waals surface area contributed by atoms with E-state index < -0.39 is 0 Å². The fourth-order valence-corrected chi connectivity index (χ4v) is 3.49. The first-order valence-electron chi connectivity index (χ1n) is 5.75. The molecule has 0 aromatic carbocycles. The minimum absolute atomic E-state index is 1.02. The van der Waals surface area contributed by atoms with Crippen molar-refractivity contribution in [2.24, 2.45) is 23.7 Å². The predicted molar refractivity (Wildman–Crippen MR) is 53.0 cm³/mol. The molecule has 0 saturated heterocycles. The van der Waals surface area contributed by atoms with Gasteiger partial charge >= 0.3 is 0 Å². The van der Waals surface area contributed by atoms with Gasteiger partial charge in [-0.05, 0) is 42.9 Å². The molecule has 0 spiro atoms. The van der Waals surface area contributed by atoms with Gasteiger partial charge in [0.05, 0.1) is 0 Å². The Morgan fingerprint density at radius 1 is 0.917 bits per heavy atom. The van der Waals surface area contributed by atoms with Crippen molar-refractivity contribution in [2.75, 3.05) is 0 Å². The molecule has 0 aromatic heterocycles. The Labute approximate surface area is 76.7 Å². The minimum atomic E-state index is 1.02. The first-order chi connectivity index (χ1) is 5.75. The molecule has 0 radical (unpaired) electrons. The summed E-state index contributed by atoms with van der Waals surface area (Å²) < 4.78 is 0. The van der Waals surface area contributed by atoms with E-state index in [1.807, 2.05) is 0 Å². The van der Waals surface area contributed by atoms with Crippen molar-refractivity contribution in [2.45, 2.75) is 52.4 Å². The van der Waals surface area contributed by atoms with Crippen LogP contribution in [0.4, 0.5) is 0 Å². The van der Waals surface area contributed by atoms with Crippen LogP contribution in [0.15, 0.2) is 0 Å². The van der Waals surface area contributed by atoms with Gasteiger partial charge in [0.15, 0.2) is 0 Å². The van der Waals surface area contributed by atoms with E-state index in [-0.39, 0.29) is 0 Å². The molecule has 2 aliphatic rings. The van der Waals surface area contributed by atoms with Gasteiger partial charge < -0.3 is 0 Å². The third-order valence-electron chi connectivity index (χ3n) is 4.15. The molecule has 2 saturated carbocycles. The van der Waals surface area contributed by atoms with Gasteiger partial charge in [-0.25, -0.2) is 0 Å². The highest BCUT2D eigenvalue weighted by molar-refractivity contribution is 4.83. The highest BCUT2D eigenvalue weighted by atomic mass is 14.4. The normalized spacial score (nSPS) is 48.5. The monoisotopic (exact) mass is 166 g/mol. The summed E-state index contributed by atoms with van der Waals surface area (Å²) in [6.45, 7) is 4.92. The Bertz CT molecular complexity index is 148. The highest BCUT2D eigenvalue weighted by Gasteiger charge is 2.32. The smallest absolute Gasteiger partial charge is 0.0386 e. The number of hydrogen-bond donors (Lipinski definition) is 0. The van der Waals surface area contributed by atoms with E-state index in [1.165, 1.54) is 32.1 Å². The van der Waals surface area contributed by atoms with E-state index in [4.69, 9.17) is 0 Å². The molecule has 4 atom stereocenters. The second-order valence-corrected chi connectivity index (χ2v) is 5.35. The predicted octanol–water partition coefficient (Wildman–Crippen LogP) is 3.86. The fourth-order valence-electron chi connectivity index (χ4n) is 3.49. The van der Waals surface area contributed by atoms with E-state index in [2.05, 4.69) is 13.8 Å². The molecular formula is C12H22. The average molecular weight is 166 g/mol. The van der Waals surface area contributed by atoms with E-state index in [0.717, 1.165) is 23.7 Å². The summed E-state index contributed by atoms with van der Waals surface area (Å²) in [5, 5.41) is 0. The highest BCUT2D eigenvalue weighted by Crippen LogP contribution is 2.44. The van der Waals surface area contributed by atoms with Gasteiger partial charge in [0.25, 0.3) is 0 Å². The number of hydrogen-bond acceptors (Lipinski definition) is 0. The zero-order valence-electron chi connectivity index (χ0n) is 8.55. The lowest BCUT2D eigenvalue weighted by Gasteiger charge is -2.21. The molecule has 2 fully saturated rings. The van der Waals surface area contributed by atoms with Gasteiger partial charge in [-0.15, -0.1) is 0 Å². The molecule has 0 N–H and O–H groups in total. The zero-order valence-corrected chi connectivity index (χ0v) is 8.55. The number of fused-ring (bicyclic) bond motifs is 2. The molecule has 2 rings (SSSR count). The molecule has 0 heterocycles. The third kappa shape index (κ3) is 1.67. The van der Waals surface area contributed by atoms with Crippen LogP contribution in [0.1, 0.15) is 52.4 Å². The molecule has 70 valence electrons. The SMILES string of the molecule is CC1CCCC2CC(C1)CC2C. The van der Waals surface area contributed by atoms with Crippen molar-refractivity contribution in [3.8, 4) is 0 Å². The molecule has 0 aromatic rings. The Kier molecular flexibility index (Phi) is 2.43. The van der Waals surface area contributed by atoms with Crippen LogP contribution >= 0.6 is 0 Å². The largest absolute Gasteiger partial charge is 0.0625 e. The van der Waals surface area contributed by atoms with Crippen LogP contribution in [0.2, 0.25) is 0 Å². The Morgan fingerprint density at radius 2 is 1.75 bits per heavy atom. The number of rotatable bonds is 0. The van der Waals surface area contributed by atoms with E-state index in [9.17, 15) is 0 Å². The van der Waals surface area contributed by atoms with Crippen LogP contribution in [0.5, 0.6) is 0 Å². The molecule has 2 aliphatic carbocycles. The fraction of sp³-hybridized carbons (Fsp3) is 1.00. The summed E-state index contributed by atoms with van der Waals surface area (Å²) in [5.74, 6) is 4.25. The minimum Gasteiger partial charge on any atom is -0.0625 e. The zero-order chi connectivity index (χ0) is 8.55. The molecule has 0 amide bonds. The quantitative estimate of drug-likeness (QED) is 0.512. The third-order valence-corrected chi connectivity index (χ3v) is 4.15. The molecule has 12 heavy (non-hydrogen) atoms. The van der Waals surface area contributed by atoms with Crippen molar-refractivity contribution < 1.29 is 0 Å². The van der Waals surface area contributed by atoms with E-state index >= 15 is 0 Å².